The molecule has 1 aliphatic heterocycles. The minimum atomic E-state index is -1.26. The average molecular weight is 194 g/mol. The molecule has 1 amide bonds. The zero-order valence-corrected chi connectivity index (χ0v) is 7.52. The zero-order valence-electron chi connectivity index (χ0n) is 7.52. The van der Waals surface area contributed by atoms with Crippen LogP contribution in [0.25, 0.3) is 0 Å². The molecule has 14 heavy (non-hydrogen) atoms. The Morgan fingerprint density at radius 3 is 3.07 bits per heavy atom. The smallest absolute Gasteiger partial charge is 0.173 e. The van der Waals surface area contributed by atoms with Crippen molar-refractivity contribution >= 4 is 11.8 Å². The van der Waals surface area contributed by atoms with E-state index in [0.29, 0.717) is 18.0 Å². The fraction of sp³-hybridized carbons (Fsp3) is 0.222. The molecule has 0 spiro atoms. The van der Waals surface area contributed by atoms with Crippen LogP contribution in [0.1, 0.15) is 5.56 Å². The lowest BCUT2D eigenvalue weighted by Gasteiger charge is -2.19. The summed E-state index contributed by atoms with van der Waals surface area (Å²) in [6, 6.07) is 5.03. The molecule has 2 rings (SSSR count). The number of rotatable bonds is 1. The van der Waals surface area contributed by atoms with Gasteiger partial charge in [-0.2, -0.15) is 4.89 Å². The van der Waals surface area contributed by atoms with E-state index in [-0.39, 0.29) is 0 Å². The van der Waals surface area contributed by atoms with Crippen molar-refractivity contribution in [2.75, 3.05) is 11.9 Å². The molecule has 0 bridgehead atoms. The highest BCUT2D eigenvalue weighted by atomic mass is 17.2. The van der Waals surface area contributed by atoms with Gasteiger partial charge in [-0.3, -0.25) is 0 Å². The maximum Gasteiger partial charge on any atom is 0.173 e. The molecule has 0 aliphatic carbocycles. The van der Waals surface area contributed by atoms with E-state index in [9.17, 15) is 9.90 Å². The summed E-state index contributed by atoms with van der Waals surface area (Å²) in [4.78, 5) is 21.1. The van der Waals surface area contributed by atoms with Crippen LogP contribution in [0.15, 0.2) is 18.2 Å². The molecule has 1 heterocycles. The fourth-order valence-electron chi connectivity index (χ4n) is 1.21. The highest BCUT2D eigenvalue weighted by molar-refractivity contribution is 5.84. The second-order valence-corrected chi connectivity index (χ2v) is 2.96. The Hall–Kier alpha value is -1.75. The third-order valence-electron chi connectivity index (χ3n) is 2.08. The molecule has 0 saturated heterocycles. The van der Waals surface area contributed by atoms with E-state index in [2.05, 4.69) is 0 Å². The second kappa shape index (κ2) is 3.19. The molecule has 5 nitrogen and oxygen atoms in total. The number of hydrogen-bond acceptors (Lipinski definition) is 4. The maximum atomic E-state index is 10.5. The van der Waals surface area contributed by atoms with Gasteiger partial charge in [-0.1, -0.05) is 6.07 Å². The van der Waals surface area contributed by atoms with Crippen LogP contribution in [0.4, 0.5) is 10.5 Å². The van der Waals surface area contributed by atoms with Crippen molar-refractivity contribution < 1.29 is 19.7 Å². The number of fused-ring (bicyclic) bond motifs is 1. The van der Waals surface area contributed by atoms with Crippen LogP contribution < -0.4 is 14.9 Å². The summed E-state index contributed by atoms with van der Waals surface area (Å²) in [6.07, 6.45) is -1.26. The Morgan fingerprint density at radius 1 is 1.57 bits per heavy atom. The van der Waals surface area contributed by atoms with Crippen LogP contribution in [0.3, 0.4) is 0 Å². The third kappa shape index (κ3) is 1.38. The first-order valence-electron chi connectivity index (χ1n) is 4.05. The fourth-order valence-corrected chi connectivity index (χ4v) is 1.21. The van der Waals surface area contributed by atoms with Crippen LogP contribution in [0.2, 0.25) is 0 Å². The molecule has 1 aromatic carbocycles. The Morgan fingerprint density at radius 2 is 2.36 bits per heavy atom. The summed E-state index contributed by atoms with van der Waals surface area (Å²) in [5.41, 5.74) is 1.40. The van der Waals surface area contributed by atoms with Gasteiger partial charge in [0.05, 0.1) is 0 Å². The van der Waals surface area contributed by atoms with E-state index in [4.69, 9.17) is 9.78 Å². The standard InChI is InChI=1S/C9H9NO4/c1-10(9(11)12)7-3-2-6-5-13-14-8(6)4-7/h2-4H,5H2,1H3,(H,11,12)/p-1. The van der Waals surface area contributed by atoms with Crippen LogP contribution >= 0.6 is 0 Å². The Labute approximate surface area is 80.4 Å². The minimum Gasteiger partial charge on any atom is -0.530 e. The lowest BCUT2D eigenvalue weighted by atomic mass is 10.2. The number of benzene rings is 1. The normalized spacial score (nSPS) is 13.2. The van der Waals surface area contributed by atoms with E-state index in [0.717, 1.165) is 10.5 Å². The number of carbonyl (C=O) groups excluding carboxylic acids is 1. The third-order valence-corrected chi connectivity index (χ3v) is 2.08. The molecule has 5 heteroatoms. The molecule has 0 saturated carbocycles. The van der Waals surface area contributed by atoms with Crippen molar-refractivity contribution in [2.45, 2.75) is 6.61 Å². The molecule has 0 unspecified atom stereocenters. The highest BCUT2D eigenvalue weighted by Crippen LogP contribution is 2.30. The summed E-state index contributed by atoms with van der Waals surface area (Å²) in [6.45, 7) is 0.394. The quantitative estimate of drug-likeness (QED) is 0.603. The molecule has 0 N–H and O–H groups in total. The second-order valence-electron chi connectivity index (χ2n) is 2.96. The molecular formula is C9H8NO4-. The number of carbonyl (C=O) groups is 1. The van der Waals surface area contributed by atoms with Gasteiger partial charge in [0.1, 0.15) is 12.7 Å². The van der Waals surface area contributed by atoms with Crippen molar-refractivity contribution in [3.8, 4) is 5.75 Å². The predicted molar refractivity (Wildman–Crippen MR) is 45.7 cm³/mol. The lowest BCUT2D eigenvalue weighted by molar-refractivity contribution is -0.246. The van der Waals surface area contributed by atoms with Crippen LogP contribution in [0.5, 0.6) is 5.75 Å². The summed E-state index contributed by atoms with van der Waals surface area (Å²) >= 11 is 0. The maximum absolute atomic E-state index is 10.5. The Kier molecular flexibility index (Phi) is 2.01. The molecule has 0 fully saturated rings. The summed E-state index contributed by atoms with van der Waals surface area (Å²) in [5, 5.41) is 10.5. The number of anilines is 1. The van der Waals surface area contributed by atoms with Gasteiger partial charge in [0.15, 0.2) is 5.75 Å². The monoisotopic (exact) mass is 194 g/mol. The van der Waals surface area contributed by atoms with Crippen molar-refractivity contribution in [3.63, 3.8) is 0 Å². The lowest BCUT2D eigenvalue weighted by Crippen LogP contribution is -2.38. The summed E-state index contributed by atoms with van der Waals surface area (Å²) in [7, 11) is 1.41. The van der Waals surface area contributed by atoms with Crippen LogP contribution in [0, 0.1) is 0 Å². The molecule has 0 aromatic heterocycles. The largest absolute Gasteiger partial charge is 0.530 e. The van der Waals surface area contributed by atoms with E-state index >= 15 is 0 Å². The van der Waals surface area contributed by atoms with E-state index in [1.807, 2.05) is 0 Å². The highest BCUT2D eigenvalue weighted by Gasteiger charge is 2.15. The van der Waals surface area contributed by atoms with E-state index in [1.165, 1.54) is 7.05 Å². The van der Waals surface area contributed by atoms with Gasteiger partial charge >= 0.3 is 0 Å². The average Bonchev–Trinajstić information content (AvgIpc) is 2.62. The van der Waals surface area contributed by atoms with E-state index < -0.39 is 6.09 Å². The van der Waals surface area contributed by atoms with Crippen molar-refractivity contribution in [1.82, 2.24) is 0 Å². The molecule has 0 atom stereocenters. The first-order valence-corrected chi connectivity index (χ1v) is 4.05. The van der Waals surface area contributed by atoms with Gasteiger partial charge in [0.25, 0.3) is 0 Å². The number of carboxylic acid groups (broad SMARTS) is 1. The van der Waals surface area contributed by atoms with Gasteiger partial charge in [-0.15, -0.1) is 0 Å². The van der Waals surface area contributed by atoms with Crippen LogP contribution in [-0.2, 0) is 11.5 Å². The minimum absolute atomic E-state index is 0.394. The Bertz CT molecular complexity index is 377. The van der Waals surface area contributed by atoms with Gasteiger partial charge in [-0.05, 0) is 6.07 Å². The molecule has 1 aliphatic rings. The molecule has 1 aromatic rings. The zero-order chi connectivity index (χ0) is 10.1. The van der Waals surface area contributed by atoms with Gasteiger partial charge < -0.3 is 19.7 Å². The van der Waals surface area contributed by atoms with Crippen molar-refractivity contribution in [3.05, 3.63) is 23.8 Å². The van der Waals surface area contributed by atoms with Gasteiger partial charge in [0.2, 0.25) is 0 Å². The number of nitrogens with zero attached hydrogens (tertiary/aromatic N) is 1. The Balaban J connectivity index is 2.33. The molecule has 0 radical (unpaired) electrons. The number of amides is 1. The number of hydrogen-bond donors (Lipinski definition) is 0. The van der Waals surface area contributed by atoms with Gasteiger partial charge in [0, 0.05) is 24.4 Å². The first kappa shape index (κ1) is 8.83. The first-order chi connectivity index (χ1) is 6.68. The molecule has 74 valence electrons. The van der Waals surface area contributed by atoms with Gasteiger partial charge in [-0.25, -0.2) is 0 Å². The summed E-state index contributed by atoms with van der Waals surface area (Å²) in [5.74, 6) is 0.551. The van der Waals surface area contributed by atoms with Crippen molar-refractivity contribution in [2.24, 2.45) is 0 Å². The van der Waals surface area contributed by atoms with E-state index in [1.54, 1.807) is 18.2 Å². The van der Waals surface area contributed by atoms with Crippen LogP contribution in [-0.4, -0.2) is 13.1 Å². The predicted octanol–water partition coefficient (Wildman–Crippen LogP) is 0.290. The van der Waals surface area contributed by atoms with Crippen molar-refractivity contribution in [1.29, 1.82) is 0 Å². The molecular weight excluding hydrogens is 186 g/mol. The summed E-state index contributed by atoms with van der Waals surface area (Å²) < 4.78 is 0. The topological polar surface area (TPSA) is 61.8 Å². The SMILES string of the molecule is CN(C(=O)[O-])c1ccc2c(c1)OOC2.